The number of rotatable bonds is 4. The van der Waals surface area contributed by atoms with Crippen LogP contribution in [0, 0.1) is 0 Å². The number of fused-ring (bicyclic) bond motifs is 1. The van der Waals surface area contributed by atoms with E-state index in [2.05, 4.69) is 14.5 Å². The third-order valence-corrected chi connectivity index (χ3v) is 7.19. The van der Waals surface area contributed by atoms with Gasteiger partial charge in [-0.25, -0.2) is 4.79 Å². The highest BCUT2D eigenvalue weighted by atomic mass is 32.2. The lowest BCUT2D eigenvalue weighted by atomic mass is 10.2. The average molecular weight is 452 g/mol. The molecule has 0 aliphatic carbocycles. The minimum atomic E-state index is -4.22. The number of ether oxygens (including phenoxy) is 3. The van der Waals surface area contributed by atoms with Crippen LogP contribution in [0.25, 0.3) is 6.08 Å². The molecule has 1 aromatic heterocycles. The number of sulfonamides is 1. The maximum absolute atomic E-state index is 12.6. The molecule has 29 heavy (non-hydrogen) atoms. The lowest BCUT2D eigenvalue weighted by Gasteiger charge is -2.01. The van der Waals surface area contributed by atoms with Crippen LogP contribution in [0.5, 0.6) is 11.5 Å². The van der Waals surface area contributed by atoms with Crippen LogP contribution in [0.4, 0.5) is 0 Å². The molecule has 0 saturated carbocycles. The molecule has 0 radical (unpaired) electrons. The molecule has 1 aromatic carbocycles. The summed E-state index contributed by atoms with van der Waals surface area (Å²) in [6, 6.07) is 6.44. The quantitative estimate of drug-likeness (QED) is 0.554. The molecule has 3 heterocycles. The highest BCUT2D eigenvalue weighted by Crippen LogP contribution is 2.35. The first-order valence-corrected chi connectivity index (χ1v) is 11.1. The Labute approximate surface area is 173 Å². The standard InChI is InChI=1S/C17H12N2O7S3/c1-24-16(21)14-13(4-5-27-14)29(22,23)19-17-18-15(20)12(28-17)7-9-2-3-10-11(6-9)26-8-25-10/h2-7H,8H2,1H3,(H,18,19,20)/b12-7-. The van der Waals surface area contributed by atoms with Crippen LogP contribution in [0.1, 0.15) is 15.2 Å². The monoisotopic (exact) mass is 452 g/mol. The summed E-state index contributed by atoms with van der Waals surface area (Å²) in [5, 5.41) is 3.76. The van der Waals surface area contributed by atoms with Gasteiger partial charge in [0.2, 0.25) is 6.79 Å². The number of hydrogen-bond acceptors (Lipinski definition) is 9. The first-order valence-electron chi connectivity index (χ1n) is 7.99. The van der Waals surface area contributed by atoms with Crippen molar-refractivity contribution in [1.29, 1.82) is 0 Å². The molecule has 0 atom stereocenters. The zero-order chi connectivity index (χ0) is 20.6. The molecule has 1 fully saturated rings. The van der Waals surface area contributed by atoms with Crippen molar-refractivity contribution < 1.29 is 32.2 Å². The fourth-order valence-electron chi connectivity index (χ4n) is 2.53. The van der Waals surface area contributed by atoms with E-state index in [9.17, 15) is 18.0 Å². The molecule has 9 nitrogen and oxygen atoms in total. The van der Waals surface area contributed by atoms with E-state index < -0.39 is 21.9 Å². The van der Waals surface area contributed by atoms with Gasteiger partial charge >= 0.3 is 5.97 Å². The zero-order valence-electron chi connectivity index (χ0n) is 14.7. The maximum atomic E-state index is 12.6. The Morgan fingerprint density at radius 2 is 2.07 bits per heavy atom. The summed E-state index contributed by atoms with van der Waals surface area (Å²) in [5.74, 6) is -0.0846. The molecule has 1 saturated heterocycles. The number of hydrogen-bond donors (Lipinski definition) is 1. The predicted octanol–water partition coefficient (Wildman–Crippen LogP) is 2.21. The van der Waals surface area contributed by atoms with E-state index in [1.807, 2.05) is 0 Å². The number of carbonyl (C=O) groups excluding carboxylic acids is 2. The first-order chi connectivity index (χ1) is 13.9. The number of methoxy groups -OCH3 is 1. The summed E-state index contributed by atoms with van der Waals surface area (Å²) < 4.78 is 44.0. The summed E-state index contributed by atoms with van der Waals surface area (Å²) >= 11 is 1.81. The number of nitrogens with one attached hydrogen (secondary N) is 1. The van der Waals surface area contributed by atoms with E-state index in [0.29, 0.717) is 17.1 Å². The van der Waals surface area contributed by atoms with E-state index in [0.717, 1.165) is 30.2 Å². The molecule has 4 rings (SSSR count). The average Bonchev–Trinajstić information content (AvgIpc) is 3.41. The molecule has 1 amide bonds. The number of benzene rings is 1. The van der Waals surface area contributed by atoms with Crippen LogP contribution in [0.15, 0.2) is 43.8 Å². The zero-order valence-corrected chi connectivity index (χ0v) is 17.2. The second-order valence-corrected chi connectivity index (χ2v) is 9.17. The van der Waals surface area contributed by atoms with Crippen molar-refractivity contribution in [3.63, 3.8) is 0 Å². The molecule has 12 heteroatoms. The SMILES string of the molecule is COC(=O)c1sccc1S(=O)(=O)/N=C1\NC(=O)/C(=C/c2ccc3c(c2)OCO3)S1. The lowest BCUT2D eigenvalue weighted by molar-refractivity contribution is -0.115. The van der Waals surface area contributed by atoms with Gasteiger partial charge in [-0.3, -0.25) is 10.1 Å². The van der Waals surface area contributed by atoms with Crippen LogP contribution in [-0.2, 0) is 19.6 Å². The second-order valence-electron chi connectivity index (χ2n) is 5.65. The second kappa shape index (κ2) is 7.54. The van der Waals surface area contributed by atoms with E-state index in [1.54, 1.807) is 24.3 Å². The van der Waals surface area contributed by atoms with E-state index >= 15 is 0 Å². The third-order valence-electron chi connectivity index (χ3n) is 3.83. The molecule has 0 spiro atoms. The van der Waals surface area contributed by atoms with Gasteiger partial charge in [-0.05, 0) is 47.0 Å². The first kappa shape index (κ1) is 19.5. The molecule has 0 unspecified atom stereocenters. The molecule has 2 aliphatic heterocycles. The van der Waals surface area contributed by atoms with Gasteiger partial charge in [-0.2, -0.15) is 8.42 Å². The smallest absolute Gasteiger partial charge is 0.349 e. The molecular weight excluding hydrogens is 440 g/mol. The third kappa shape index (κ3) is 3.86. The van der Waals surface area contributed by atoms with Crippen LogP contribution >= 0.6 is 23.1 Å². The minimum absolute atomic E-state index is 0.0812. The fraction of sp³-hybridized carbons (Fsp3) is 0.118. The van der Waals surface area contributed by atoms with Crippen molar-refractivity contribution in [1.82, 2.24) is 5.32 Å². The minimum Gasteiger partial charge on any atom is -0.465 e. The Kier molecular flexibility index (Phi) is 5.06. The van der Waals surface area contributed by atoms with Crippen LogP contribution in [-0.4, -0.2) is 39.4 Å². The molecular formula is C17H12N2O7S3. The number of carbonyl (C=O) groups is 2. The Hall–Kier alpha value is -2.83. The van der Waals surface area contributed by atoms with Gasteiger partial charge in [0, 0.05) is 0 Å². The molecule has 0 bridgehead atoms. The Balaban J connectivity index is 1.60. The van der Waals surface area contributed by atoms with Crippen molar-refractivity contribution in [2.75, 3.05) is 13.9 Å². The number of nitrogens with zero attached hydrogens (tertiary/aromatic N) is 1. The lowest BCUT2D eigenvalue weighted by Crippen LogP contribution is -2.21. The van der Waals surface area contributed by atoms with Crippen molar-refractivity contribution in [3.05, 3.63) is 45.0 Å². The molecule has 1 N–H and O–H groups in total. The van der Waals surface area contributed by atoms with Gasteiger partial charge in [-0.15, -0.1) is 15.7 Å². The highest BCUT2D eigenvalue weighted by molar-refractivity contribution is 8.19. The Morgan fingerprint density at radius 3 is 2.86 bits per heavy atom. The number of thiophene rings is 1. The number of esters is 1. The van der Waals surface area contributed by atoms with Crippen molar-refractivity contribution >= 4 is 56.2 Å². The Morgan fingerprint density at radius 1 is 1.28 bits per heavy atom. The summed E-state index contributed by atoms with van der Waals surface area (Å²) in [4.78, 5) is 23.9. The normalized spacial score (nSPS) is 18.3. The van der Waals surface area contributed by atoms with Gasteiger partial charge in [0.1, 0.15) is 9.77 Å². The van der Waals surface area contributed by atoms with Crippen LogP contribution in [0.2, 0.25) is 0 Å². The van der Waals surface area contributed by atoms with Crippen LogP contribution in [0.3, 0.4) is 0 Å². The van der Waals surface area contributed by atoms with Crippen molar-refractivity contribution in [3.8, 4) is 11.5 Å². The largest absolute Gasteiger partial charge is 0.465 e. The summed E-state index contributed by atoms with van der Waals surface area (Å²) in [7, 11) is -3.06. The van der Waals surface area contributed by atoms with Gasteiger partial charge < -0.3 is 14.2 Å². The maximum Gasteiger partial charge on any atom is 0.349 e. The summed E-state index contributed by atoms with van der Waals surface area (Å²) in [6.45, 7) is 0.134. The molecule has 2 aromatic rings. The summed E-state index contributed by atoms with van der Waals surface area (Å²) in [6.07, 6.45) is 1.58. The number of amides is 1. The van der Waals surface area contributed by atoms with E-state index in [4.69, 9.17) is 9.47 Å². The number of thioether (sulfide) groups is 1. The molecule has 2 aliphatic rings. The van der Waals surface area contributed by atoms with Crippen LogP contribution < -0.4 is 14.8 Å². The topological polar surface area (TPSA) is 120 Å². The van der Waals surface area contributed by atoms with Crippen molar-refractivity contribution in [2.45, 2.75) is 4.90 Å². The predicted molar refractivity (Wildman–Crippen MR) is 107 cm³/mol. The van der Waals surface area contributed by atoms with E-state index in [-0.39, 0.29) is 26.6 Å². The number of amidine groups is 1. The van der Waals surface area contributed by atoms with Gasteiger partial charge in [-0.1, -0.05) is 6.07 Å². The van der Waals surface area contributed by atoms with Gasteiger partial charge in [0.05, 0.1) is 12.0 Å². The molecule has 150 valence electrons. The van der Waals surface area contributed by atoms with Crippen molar-refractivity contribution in [2.24, 2.45) is 4.40 Å². The Bertz CT molecular complexity index is 1180. The fourth-order valence-corrected chi connectivity index (χ4v) is 5.83. The van der Waals surface area contributed by atoms with Gasteiger partial charge in [0.25, 0.3) is 15.9 Å². The van der Waals surface area contributed by atoms with E-state index in [1.165, 1.54) is 11.4 Å². The highest BCUT2D eigenvalue weighted by Gasteiger charge is 2.29. The summed E-state index contributed by atoms with van der Waals surface area (Å²) in [5.41, 5.74) is 0.682. The van der Waals surface area contributed by atoms with Gasteiger partial charge in [0.15, 0.2) is 16.7 Å².